The van der Waals surface area contributed by atoms with Crippen molar-refractivity contribution in [2.24, 2.45) is 5.41 Å². The predicted octanol–water partition coefficient (Wildman–Crippen LogP) is 3.48. The highest BCUT2D eigenvalue weighted by atomic mass is 35.5. The molecule has 0 aromatic carbocycles. The van der Waals surface area contributed by atoms with Crippen LogP contribution in [-0.4, -0.2) is 24.0 Å². The van der Waals surface area contributed by atoms with Crippen molar-refractivity contribution in [3.05, 3.63) is 22.8 Å². The highest BCUT2D eigenvalue weighted by Gasteiger charge is 2.41. The molecule has 110 valence electrons. The Morgan fingerprint density at radius 1 is 1.40 bits per heavy atom. The number of amides is 1. The topological polar surface area (TPSA) is 54.0 Å². The molecule has 0 spiro atoms. The number of hydrogen-bond donors (Lipinski definition) is 2. The monoisotopic (exact) mass is 295 g/mol. The lowest BCUT2D eigenvalue weighted by Gasteiger charge is -2.15. The smallest absolute Gasteiger partial charge is 0.251 e. The number of pyridine rings is 1. The van der Waals surface area contributed by atoms with E-state index < -0.39 is 0 Å². The standard InChI is InChI=1S/C15H22ClN3O/c1-3-5-15(6-7-15)10-18-14(20)11-8-12(16)19-13(9-11)17-4-2/h8-9H,3-7,10H2,1-2H3,(H,17,19)(H,18,20). The van der Waals surface area contributed by atoms with Crippen molar-refractivity contribution < 1.29 is 4.79 Å². The Kier molecular flexibility index (Phi) is 4.86. The lowest BCUT2D eigenvalue weighted by molar-refractivity contribution is 0.0943. The minimum absolute atomic E-state index is 0.0733. The number of aromatic nitrogens is 1. The number of nitrogens with zero attached hydrogens (tertiary/aromatic N) is 1. The summed E-state index contributed by atoms with van der Waals surface area (Å²) >= 11 is 5.95. The zero-order valence-corrected chi connectivity index (χ0v) is 12.9. The van der Waals surface area contributed by atoms with E-state index in [0.717, 1.165) is 13.1 Å². The number of carbonyl (C=O) groups is 1. The van der Waals surface area contributed by atoms with E-state index in [-0.39, 0.29) is 5.91 Å². The number of anilines is 1. The summed E-state index contributed by atoms with van der Waals surface area (Å²) in [6.07, 6.45) is 4.80. The first-order valence-corrected chi connectivity index (χ1v) is 7.66. The zero-order chi connectivity index (χ0) is 14.6. The highest BCUT2D eigenvalue weighted by Crippen LogP contribution is 2.48. The van der Waals surface area contributed by atoms with Gasteiger partial charge in [0.25, 0.3) is 5.91 Å². The van der Waals surface area contributed by atoms with Crippen molar-refractivity contribution in [3.63, 3.8) is 0 Å². The van der Waals surface area contributed by atoms with E-state index in [1.807, 2.05) is 6.92 Å². The Morgan fingerprint density at radius 2 is 2.15 bits per heavy atom. The second kappa shape index (κ2) is 6.44. The summed E-state index contributed by atoms with van der Waals surface area (Å²) in [7, 11) is 0. The van der Waals surface area contributed by atoms with Crippen LogP contribution in [0.1, 0.15) is 49.9 Å². The van der Waals surface area contributed by atoms with Gasteiger partial charge in [-0.3, -0.25) is 4.79 Å². The molecule has 1 aliphatic carbocycles. The number of nitrogens with one attached hydrogen (secondary N) is 2. The summed E-state index contributed by atoms with van der Waals surface area (Å²) in [4.78, 5) is 16.3. The van der Waals surface area contributed by atoms with Gasteiger partial charge in [0.1, 0.15) is 11.0 Å². The van der Waals surface area contributed by atoms with Crippen molar-refractivity contribution in [1.29, 1.82) is 0 Å². The van der Waals surface area contributed by atoms with Crippen molar-refractivity contribution in [2.75, 3.05) is 18.4 Å². The van der Waals surface area contributed by atoms with Crippen molar-refractivity contribution in [3.8, 4) is 0 Å². The molecular weight excluding hydrogens is 274 g/mol. The molecule has 1 fully saturated rings. The minimum Gasteiger partial charge on any atom is -0.370 e. The maximum atomic E-state index is 12.2. The normalized spacial score (nSPS) is 15.8. The van der Waals surface area contributed by atoms with E-state index in [1.54, 1.807) is 12.1 Å². The number of rotatable bonds is 7. The lowest BCUT2D eigenvalue weighted by Crippen LogP contribution is -2.30. The molecule has 1 aromatic rings. The van der Waals surface area contributed by atoms with Gasteiger partial charge < -0.3 is 10.6 Å². The summed E-state index contributed by atoms with van der Waals surface area (Å²) in [6.45, 7) is 5.67. The summed E-state index contributed by atoms with van der Waals surface area (Å²) in [5.74, 6) is 0.565. The van der Waals surface area contributed by atoms with Crippen LogP contribution in [0.25, 0.3) is 0 Å². The second-order valence-corrected chi connectivity index (χ2v) is 5.91. The first-order chi connectivity index (χ1) is 9.58. The SMILES string of the molecule is CCCC1(CNC(=O)c2cc(Cl)nc(NCC)c2)CC1. The first kappa shape index (κ1) is 15.1. The maximum Gasteiger partial charge on any atom is 0.251 e. The van der Waals surface area contributed by atoms with E-state index in [1.165, 1.54) is 25.7 Å². The molecule has 1 aliphatic rings. The average Bonchev–Trinajstić information content (AvgIpc) is 3.16. The Labute approximate surface area is 125 Å². The maximum absolute atomic E-state index is 12.2. The van der Waals surface area contributed by atoms with E-state index in [2.05, 4.69) is 22.5 Å². The number of halogens is 1. The Hall–Kier alpha value is -1.29. The fraction of sp³-hybridized carbons (Fsp3) is 0.600. The molecule has 0 aliphatic heterocycles. The van der Waals surface area contributed by atoms with E-state index >= 15 is 0 Å². The van der Waals surface area contributed by atoms with Gasteiger partial charge >= 0.3 is 0 Å². The minimum atomic E-state index is -0.0733. The van der Waals surface area contributed by atoms with Crippen LogP contribution in [0.15, 0.2) is 12.1 Å². The van der Waals surface area contributed by atoms with Gasteiger partial charge in [0.15, 0.2) is 0 Å². The average molecular weight is 296 g/mol. The van der Waals surface area contributed by atoms with Gasteiger partial charge in [0, 0.05) is 18.7 Å². The van der Waals surface area contributed by atoms with Gasteiger partial charge in [-0.25, -0.2) is 4.98 Å². The van der Waals surface area contributed by atoms with Crippen molar-refractivity contribution in [2.45, 2.75) is 39.5 Å². The third-order valence-electron chi connectivity index (χ3n) is 3.78. The largest absolute Gasteiger partial charge is 0.370 e. The molecule has 0 atom stereocenters. The van der Waals surface area contributed by atoms with Crippen LogP contribution >= 0.6 is 11.6 Å². The molecule has 1 aromatic heterocycles. The Bertz CT molecular complexity index is 486. The molecule has 2 rings (SSSR count). The molecule has 0 bridgehead atoms. The van der Waals surface area contributed by atoms with Crippen LogP contribution in [-0.2, 0) is 0 Å². The molecule has 0 unspecified atom stereocenters. The molecule has 2 N–H and O–H groups in total. The molecule has 0 saturated heterocycles. The first-order valence-electron chi connectivity index (χ1n) is 7.28. The van der Waals surface area contributed by atoms with Crippen LogP contribution in [0, 0.1) is 5.41 Å². The summed E-state index contributed by atoms with van der Waals surface area (Å²) in [5, 5.41) is 6.44. The summed E-state index contributed by atoms with van der Waals surface area (Å²) < 4.78 is 0. The van der Waals surface area contributed by atoms with Gasteiger partial charge in [0.2, 0.25) is 0 Å². The highest BCUT2D eigenvalue weighted by molar-refractivity contribution is 6.29. The van der Waals surface area contributed by atoms with Crippen LogP contribution in [0.4, 0.5) is 5.82 Å². The van der Waals surface area contributed by atoms with E-state index in [4.69, 9.17) is 11.6 Å². The van der Waals surface area contributed by atoms with Crippen LogP contribution in [0.2, 0.25) is 5.15 Å². The molecule has 1 amide bonds. The summed E-state index contributed by atoms with van der Waals surface area (Å²) in [5.41, 5.74) is 0.916. The lowest BCUT2D eigenvalue weighted by atomic mass is 10.0. The van der Waals surface area contributed by atoms with Crippen LogP contribution in [0.3, 0.4) is 0 Å². The van der Waals surface area contributed by atoms with Gasteiger partial charge in [-0.15, -0.1) is 0 Å². The van der Waals surface area contributed by atoms with E-state index in [0.29, 0.717) is 21.9 Å². The van der Waals surface area contributed by atoms with Crippen molar-refractivity contribution in [1.82, 2.24) is 10.3 Å². The zero-order valence-electron chi connectivity index (χ0n) is 12.1. The molecule has 4 nitrogen and oxygen atoms in total. The fourth-order valence-electron chi connectivity index (χ4n) is 2.49. The fourth-order valence-corrected chi connectivity index (χ4v) is 2.70. The molecule has 20 heavy (non-hydrogen) atoms. The third kappa shape index (κ3) is 3.85. The summed E-state index contributed by atoms with van der Waals surface area (Å²) in [6, 6.07) is 3.35. The van der Waals surface area contributed by atoms with Crippen LogP contribution < -0.4 is 10.6 Å². The van der Waals surface area contributed by atoms with Gasteiger partial charge in [-0.2, -0.15) is 0 Å². The number of carbonyl (C=O) groups excluding carboxylic acids is 1. The Balaban J connectivity index is 1.98. The molecule has 5 heteroatoms. The Morgan fingerprint density at radius 3 is 2.75 bits per heavy atom. The second-order valence-electron chi connectivity index (χ2n) is 5.53. The molecular formula is C15H22ClN3O. The predicted molar refractivity (Wildman–Crippen MR) is 82.3 cm³/mol. The molecule has 1 heterocycles. The number of hydrogen-bond acceptors (Lipinski definition) is 3. The van der Waals surface area contributed by atoms with Crippen molar-refractivity contribution >= 4 is 23.3 Å². The van der Waals surface area contributed by atoms with E-state index in [9.17, 15) is 4.79 Å². The molecule has 1 saturated carbocycles. The van der Waals surface area contributed by atoms with Crippen LogP contribution in [0.5, 0.6) is 0 Å². The quantitative estimate of drug-likeness (QED) is 0.757. The molecule has 0 radical (unpaired) electrons. The van der Waals surface area contributed by atoms with Gasteiger partial charge in [-0.1, -0.05) is 24.9 Å². The third-order valence-corrected chi connectivity index (χ3v) is 3.97. The van der Waals surface area contributed by atoms with Gasteiger partial charge in [-0.05, 0) is 43.7 Å². The van der Waals surface area contributed by atoms with Gasteiger partial charge in [0.05, 0.1) is 0 Å².